The Morgan fingerprint density at radius 3 is 2.18 bits per heavy atom. The lowest BCUT2D eigenvalue weighted by Crippen LogP contribution is -2.32. The van der Waals surface area contributed by atoms with Crippen molar-refractivity contribution < 1.29 is 19.1 Å². The van der Waals surface area contributed by atoms with Crippen molar-refractivity contribution >= 4 is 64.0 Å². The molecule has 0 unspecified atom stereocenters. The topological polar surface area (TPSA) is 75.7 Å². The van der Waals surface area contributed by atoms with Crippen molar-refractivity contribution in [1.82, 2.24) is 0 Å². The summed E-state index contributed by atoms with van der Waals surface area (Å²) < 4.78 is 5.42. The van der Waals surface area contributed by atoms with E-state index in [2.05, 4.69) is 5.32 Å². The van der Waals surface area contributed by atoms with Crippen LogP contribution in [-0.4, -0.2) is 17.8 Å². The van der Waals surface area contributed by atoms with E-state index in [1.807, 2.05) is 19.9 Å². The van der Waals surface area contributed by atoms with Crippen LogP contribution in [0.25, 0.3) is 0 Å². The summed E-state index contributed by atoms with van der Waals surface area (Å²) in [5, 5.41) is 3.07. The Kier molecular flexibility index (Phi) is 6.66. The summed E-state index contributed by atoms with van der Waals surface area (Å²) in [7, 11) is 0. The van der Waals surface area contributed by atoms with Crippen LogP contribution >= 0.6 is 34.8 Å². The van der Waals surface area contributed by atoms with E-state index >= 15 is 0 Å². The fourth-order valence-electron chi connectivity index (χ4n) is 3.25. The molecule has 1 aliphatic heterocycles. The maximum absolute atomic E-state index is 12.9. The third kappa shape index (κ3) is 4.66. The summed E-state index contributed by atoms with van der Waals surface area (Å²) in [6.45, 7) is 3.91. The Balaban J connectivity index is 1.48. The molecule has 1 aliphatic rings. The third-order valence-corrected chi connectivity index (χ3v) is 6.36. The van der Waals surface area contributed by atoms with E-state index < -0.39 is 17.8 Å². The molecular weight excluding hydrogens is 499 g/mol. The molecule has 0 spiro atoms. The lowest BCUT2D eigenvalue weighted by molar-refractivity contribution is -0.120. The number of ether oxygens (including phenoxy) is 1. The number of hydrogen-bond acceptors (Lipinski definition) is 5. The van der Waals surface area contributed by atoms with Crippen molar-refractivity contribution in [1.29, 1.82) is 0 Å². The summed E-state index contributed by atoms with van der Waals surface area (Å²) in [6.07, 6.45) is 0. The van der Waals surface area contributed by atoms with E-state index in [-0.39, 0.29) is 26.5 Å². The molecule has 9 heteroatoms. The number of nitrogens with zero attached hydrogens (tertiary/aromatic N) is 1. The summed E-state index contributed by atoms with van der Waals surface area (Å²) in [4.78, 5) is 38.9. The van der Waals surface area contributed by atoms with E-state index in [9.17, 15) is 14.4 Å². The van der Waals surface area contributed by atoms with Crippen LogP contribution in [0, 0.1) is 13.8 Å². The molecule has 3 aromatic rings. The fourth-order valence-corrected chi connectivity index (χ4v) is 3.75. The second-order valence-corrected chi connectivity index (χ2v) is 8.76. The molecule has 34 heavy (non-hydrogen) atoms. The minimum Gasteiger partial charge on any atom is -0.423 e. The predicted molar refractivity (Wildman–Crippen MR) is 133 cm³/mol. The van der Waals surface area contributed by atoms with Crippen LogP contribution < -0.4 is 15.0 Å². The first kappa shape index (κ1) is 23.8. The largest absolute Gasteiger partial charge is 0.423 e. The summed E-state index contributed by atoms with van der Waals surface area (Å²) in [6, 6.07) is 16.0. The average Bonchev–Trinajstić information content (AvgIpc) is 3.02. The highest BCUT2D eigenvalue weighted by molar-refractivity contribution is 6.53. The second kappa shape index (κ2) is 9.50. The Morgan fingerprint density at radius 2 is 1.53 bits per heavy atom. The van der Waals surface area contributed by atoms with Gasteiger partial charge in [0.15, 0.2) is 0 Å². The van der Waals surface area contributed by atoms with Gasteiger partial charge in [0, 0.05) is 5.69 Å². The first-order valence-electron chi connectivity index (χ1n) is 10.1. The number of rotatable bonds is 5. The van der Waals surface area contributed by atoms with E-state index in [0.717, 1.165) is 16.0 Å². The van der Waals surface area contributed by atoms with Crippen molar-refractivity contribution in [2.24, 2.45) is 0 Å². The molecular formula is C25H17Cl3N2O4. The SMILES string of the molecule is Cc1ccc(OC(=O)c2ccc(NC3=C(Cl)C(=O)N(c4ccc(Cl)c(Cl)c4)C3=O)cc2)cc1C. The van der Waals surface area contributed by atoms with Gasteiger partial charge >= 0.3 is 5.97 Å². The monoisotopic (exact) mass is 514 g/mol. The fraction of sp³-hybridized carbons (Fsp3) is 0.0800. The van der Waals surface area contributed by atoms with Gasteiger partial charge < -0.3 is 10.1 Å². The molecule has 0 aliphatic carbocycles. The van der Waals surface area contributed by atoms with Gasteiger partial charge in [-0.3, -0.25) is 9.59 Å². The second-order valence-electron chi connectivity index (χ2n) is 7.57. The van der Waals surface area contributed by atoms with E-state index in [0.29, 0.717) is 17.0 Å². The molecule has 3 aromatic carbocycles. The number of hydrogen-bond donors (Lipinski definition) is 1. The van der Waals surface area contributed by atoms with Gasteiger partial charge in [0.05, 0.1) is 21.3 Å². The number of aryl methyl sites for hydroxylation is 2. The first-order valence-corrected chi connectivity index (χ1v) is 11.2. The Labute approximate surface area is 210 Å². The third-order valence-electron chi connectivity index (χ3n) is 5.27. The van der Waals surface area contributed by atoms with Gasteiger partial charge in [0.25, 0.3) is 11.8 Å². The molecule has 0 bridgehead atoms. The number of halogens is 3. The molecule has 0 radical (unpaired) electrons. The number of esters is 1. The molecule has 1 heterocycles. The van der Waals surface area contributed by atoms with Gasteiger partial charge in [-0.1, -0.05) is 40.9 Å². The Bertz CT molecular complexity index is 1370. The minimum absolute atomic E-state index is 0.0943. The van der Waals surface area contributed by atoms with Crippen LogP contribution in [0.1, 0.15) is 21.5 Å². The quantitative estimate of drug-likeness (QED) is 0.246. The predicted octanol–water partition coefficient (Wildman–Crippen LogP) is 6.27. The van der Waals surface area contributed by atoms with E-state index in [1.165, 1.54) is 30.3 Å². The molecule has 0 saturated heterocycles. The average molecular weight is 516 g/mol. The highest BCUT2D eigenvalue weighted by Gasteiger charge is 2.39. The maximum atomic E-state index is 12.9. The number of amides is 2. The van der Waals surface area contributed by atoms with Gasteiger partial charge in [0.1, 0.15) is 16.5 Å². The zero-order valence-electron chi connectivity index (χ0n) is 18.0. The smallest absolute Gasteiger partial charge is 0.343 e. The van der Waals surface area contributed by atoms with Crippen LogP contribution in [0.5, 0.6) is 5.75 Å². The number of benzene rings is 3. The van der Waals surface area contributed by atoms with Crippen LogP contribution in [0.3, 0.4) is 0 Å². The highest BCUT2D eigenvalue weighted by Crippen LogP contribution is 2.33. The normalized spacial score (nSPS) is 13.5. The Morgan fingerprint density at radius 1 is 0.824 bits per heavy atom. The minimum atomic E-state index is -0.693. The zero-order chi connectivity index (χ0) is 24.6. The summed E-state index contributed by atoms with van der Waals surface area (Å²) in [5.41, 5.74) is 3.02. The van der Waals surface area contributed by atoms with Gasteiger partial charge in [-0.25, -0.2) is 9.69 Å². The van der Waals surface area contributed by atoms with Crippen molar-refractivity contribution in [2.45, 2.75) is 13.8 Å². The molecule has 0 atom stereocenters. The molecule has 6 nitrogen and oxygen atoms in total. The number of carbonyl (C=O) groups excluding carboxylic acids is 3. The van der Waals surface area contributed by atoms with Gasteiger partial charge in [0.2, 0.25) is 0 Å². The maximum Gasteiger partial charge on any atom is 0.343 e. The molecule has 0 saturated carbocycles. The number of carbonyl (C=O) groups is 3. The molecule has 172 valence electrons. The van der Waals surface area contributed by atoms with Crippen LogP contribution in [0.2, 0.25) is 10.0 Å². The van der Waals surface area contributed by atoms with E-state index in [4.69, 9.17) is 39.5 Å². The lowest BCUT2D eigenvalue weighted by Gasteiger charge is -2.15. The van der Waals surface area contributed by atoms with Crippen LogP contribution in [-0.2, 0) is 9.59 Å². The number of anilines is 2. The summed E-state index contributed by atoms with van der Waals surface area (Å²) in [5.74, 6) is -1.41. The molecule has 4 rings (SSSR count). The van der Waals surface area contributed by atoms with Gasteiger partial charge in [-0.15, -0.1) is 0 Å². The zero-order valence-corrected chi connectivity index (χ0v) is 20.3. The molecule has 0 fully saturated rings. The van der Waals surface area contributed by atoms with Crippen molar-refractivity contribution in [2.75, 3.05) is 10.2 Å². The molecule has 0 aromatic heterocycles. The first-order chi connectivity index (χ1) is 16.2. The lowest BCUT2D eigenvalue weighted by atomic mass is 10.1. The number of imide groups is 1. The summed E-state index contributed by atoms with van der Waals surface area (Å²) >= 11 is 18.1. The van der Waals surface area contributed by atoms with Crippen molar-refractivity contribution in [3.8, 4) is 5.75 Å². The Hall–Kier alpha value is -3.32. The highest BCUT2D eigenvalue weighted by atomic mass is 35.5. The van der Waals surface area contributed by atoms with Crippen molar-refractivity contribution in [3.05, 3.63) is 98.1 Å². The number of nitrogens with one attached hydrogen (secondary N) is 1. The van der Waals surface area contributed by atoms with E-state index in [1.54, 1.807) is 24.3 Å². The van der Waals surface area contributed by atoms with Crippen LogP contribution in [0.4, 0.5) is 11.4 Å². The molecule has 1 N–H and O–H groups in total. The standard InChI is InChI=1S/C25H17Cl3N2O4/c1-13-3-9-18(11-14(13)2)34-25(33)15-4-6-16(7-5-15)29-22-21(28)23(31)30(24(22)32)17-8-10-19(26)20(27)12-17/h3-12,29H,1-2H3. The van der Waals surface area contributed by atoms with Crippen LogP contribution in [0.15, 0.2) is 71.4 Å². The van der Waals surface area contributed by atoms with Crippen molar-refractivity contribution in [3.63, 3.8) is 0 Å². The van der Waals surface area contributed by atoms with Gasteiger partial charge in [-0.05, 0) is 79.6 Å². The molecule has 2 amide bonds. The van der Waals surface area contributed by atoms with Gasteiger partial charge in [-0.2, -0.15) is 0 Å².